The number of halogens is 1. The number of aryl methyl sites for hydroxylation is 2. The van der Waals surface area contributed by atoms with Crippen LogP contribution in [0, 0.1) is 13.8 Å². The van der Waals surface area contributed by atoms with Crippen molar-refractivity contribution in [3.05, 3.63) is 84.9 Å². The van der Waals surface area contributed by atoms with Gasteiger partial charge in [0.15, 0.2) is 5.82 Å². The highest BCUT2D eigenvalue weighted by Gasteiger charge is 2.20. The summed E-state index contributed by atoms with van der Waals surface area (Å²) in [7, 11) is 0. The monoisotopic (exact) mass is 526 g/mol. The number of hydrogen-bond donors (Lipinski definition) is 1. The van der Waals surface area contributed by atoms with Gasteiger partial charge in [0.05, 0.1) is 17.1 Å². The molecule has 4 aromatic heterocycles. The zero-order valence-corrected chi connectivity index (χ0v) is 21.1. The van der Waals surface area contributed by atoms with E-state index in [2.05, 4.69) is 36.9 Å². The first-order valence-corrected chi connectivity index (χ1v) is 11.9. The van der Waals surface area contributed by atoms with Crippen molar-refractivity contribution in [2.24, 2.45) is 0 Å². The second-order valence-corrected chi connectivity index (χ2v) is 10.1. The molecule has 0 aromatic carbocycles. The van der Waals surface area contributed by atoms with Crippen molar-refractivity contribution < 1.29 is 9.84 Å². The quantitative estimate of drug-likeness (QED) is 0.382. The maximum absolute atomic E-state index is 13.2. The first-order chi connectivity index (χ1) is 15.6. The molecule has 1 N–H and O–H groups in total. The normalized spacial score (nSPS) is 11.6. The topological polar surface area (TPSA) is 90.1 Å². The molecule has 0 aliphatic carbocycles. The zero-order valence-electron chi connectivity index (χ0n) is 18.7. The molecule has 9 heteroatoms. The smallest absolute Gasteiger partial charge is 0.273 e. The fourth-order valence-electron chi connectivity index (χ4n) is 3.34. The van der Waals surface area contributed by atoms with E-state index in [1.165, 1.54) is 4.88 Å². The lowest BCUT2D eigenvalue weighted by Crippen LogP contribution is -2.22. The van der Waals surface area contributed by atoms with E-state index < -0.39 is 5.60 Å². The lowest BCUT2D eigenvalue weighted by atomic mass is 10.1. The molecule has 0 saturated heterocycles. The number of thiophene rings is 1. The Morgan fingerprint density at radius 2 is 1.88 bits per heavy atom. The number of ether oxygens (including phenoxy) is 1. The molecule has 0 unspecified atom stereocenters. The molecule has 170 valence electrons. The summed E-state index contributed by atoms with van der Waals surface area (Å²) < 4.78 is 7.86. The number of aliphatic hydroxyl groups is 1. The maximum atomic E-state index is 13.2. The predicted molar refractivity (Wildman–Crippen MR) is 132 cm³/mol. The van der Waals surface area contributed by atoms with Crippen molar-refractivity contribution >= 4 is 27.3 Å². The summed E-state index contributed by atoms with van der Waals surface area (Å²) in [6.45, 7) is 7.54. The number of rotatable bonds is 6. The van der Waals surface area contributed by atoms with Crippen LogP contribution in [0.2, 0.25) is 0 Å². The van der Waals surface area contributed by atoms with E-state index in [9.17, 15) is 9.90 Å². The second kappa shape index (κ2) is 9.17. The van der Waals surface area contributed by atoms with Crippen LogP contribution in [0.3, 0.4) is 0 Å². The van der Waals surface area contributed by atoms with Gasteiger partial charge in [-0.2, -0.15) is 0 Å². The van der Waals surface area contributed by atoms with Crippen LogP contribution in [-0.2, 0) is 12.2 Å². The van der Waals surface area contributed by atoms with Crippen molar-refractivity contribution in [3.8, 4) is 22.8 Å². The Labute approximate surface area is 203 Å². The standard InChI is InChI=1S/C24H23BrN4O3S/c1-14-9-20(32-12-16-10-15(2)33-13-16)21(25)22(30)29(14)17-5-7-26-19(11-17)18-6-8-27-23(28-18)24(3,4)31/h5-11,13,31H,12H2,1-4H3. The molecular weight excluding hydrogens is 504 g/mol. The van der Waals surface area contributed by atoms with E-state index in [-0.39, 0.29) is 5.56 Å². The first kappa shape index (κ1) is 23.3. The van der Waals surface area contributed by atoms with E-state index in [4.69, 9.17) is 4.74 Å². The SMILES string of the molecule is Cc1cc(COc2cc(C)n(-c3ccnc(-c4ccnc(C(C)(C)O)n4)c3)c(=O)c2Br)cs1. The van der Waals surface area contributed by atoms with E-state index in [1.807, 2.05) is 25.3 Å². The molecular formula is C24H23BrN4O3S. The average molecular weight is 527 g/mol. The fraction of sp³-hybridized carbons (Fsp3) is 0.250. The van der Waals surface area contributed by atoms with Crippen LogP contribution < -0.4 is 10.3 Å². The highest BCUT2D eigenvalue weighted by atomic mass is 79.9. The molecule has 0 aliphatic rings. The minimum absolute atomic E-state index is 0.233. The summed E-state index contributed by atoms with van der Waals surface area (Å²) >= 11 is 5.08. The van der Waals surface area contributed by atoms with Gasteiger partial charge in [0.2, 0.25) is 0 Å². The summed E-state index contributed by atoms with van der Waals surface area (Å²) in [5.41, 5.74) is 2.15. The Morgan fingerprint density at radius 1 is 1.12 bits per heavy atom. The number of hydrogen-bond acceptors (Lipinski definition) is 7. The van der Waals surface area contributed by atoms with Crippen molar-refractivity contribution in [1.82, 2.24) is 19.5 Å². The van der Waals surface area contributed by atoms with Crippen LogP contribution in [0.5, 0.6) is 5.75 Å². The van der Waals surface area contributed by atoms with Gasteiger partial charge < -0.3 is 9.84 Å². The van der Waals surface area contributed by atoms with Crippen LogP contribution in [0.25, 0.3) is 17.1 Å². The third kappa shape index (κ3) is 5.05. The highest BCUT2D eigenvalue weighted by molar-refractivity contribution is 9.10. The van der Waals surface area contributed by atoms with Gasteiger partial charge in [-0.1, -0.05) is 0 Å². The Balaban J connectivity index is 1.69. The number of aromatic nitrogens is 4. The molecule has 0 aliphatic heterocycles. The van der Waals surface area contributed by atoms with Crippen molar-refractivity contribution in [1.29, 1.82) is 0 Å². The number of nitrogens with zero attached hydrogens (tertiary/aromatic N) is 4. The minimum Gasteiger partial charge on any atom is -0.487 e. The van der Waals surface area contributed by atoms with Crippen LogP contribution in [0.15, 0.2) is 57.4 Å². The van der Waals surface area contributed by atoms with Crippen LogP contribution in [0.4, 0.5) is 0 Å². The van der Waals surface area contributed by atoms with Gasteiger partial charge in [0, 0.05) is 34.6 Å². The molecule has 0 amide bonds. The third-order valence-corrected chi connectivity index (χ3v) is 6.59. The molecule has 4 rings (SSSR count). The van der Waals surface area contributed by atoms with Crippen LogP contribution >= 0.6 is 27.3 Å². The molecule has 0 radical (unpaired) electrons. The summed E-state index contributed by atoms with van der Waals surface area (Å²) in [5, 5.41) is 12.3. The van der Waals surface area contributed by atoms with Gasteiger partial charge >= 0.3 is 0 Å². The Hall–Kier alpha value is -2.88. The van der Waals surface area contributed by atoms with Crippen molar-refractivity contribution in [3.63, 3.8) is 0 Å². The highest BCUT2D eigenvalue weighted by Crippen LogP contribution is 2.27. The first-order valence-electron chi connectivity index (χ1n) is 10.2. The van der Waals surface area contributed by atoms with Gasteiger partial charge in [-0.3, -0.25) is 14.3 Å². The molecule has 7 nitrogen and oxygen atoms in total. The van der Waals surface area contributed by atoms with Crippen molar-refractivity contribution in [2.75, 3.05) is 0 Å². The maximum Gasteiger partial charge on any atom is 0.273 e. The average Bonchev–Trinajstić information content (AvgIpc) is 3.20. The number of pyridine rings is 2. The van der Waals surface area contributed by atoms with E-state index in [1.54, 1.807) is 60.3 Å². The second-order valence-electron chi connectivity index (χ2n) is 8.18. The van der Waals surface area contributed by atoms with E-state index in [0.717, 1.165) is 11.3 Å². The fourth-order valence-corrected chi connectivity index (χ4v) is 4.44. The lowest BCUT2D eigenvalue weighted by molar-refractivity contribution is 0.0688. The van der Waals surface area contributed by atoms with Crippen LogP contribution in [0.1, 0.15) is 35.8 Å². The molecule has 33 heavy (non-hydrogen) atoms. The minimum atomic E-state index is -1.18. The van der Waals surface area contributed by atoms with Gasteiger partial charge in [0.25, 0.3) is 5.56 Å². The Morgan fingerprint density at radius 3 is 2.58 bits per heavy atom. The third-order valence-electron chi connectivity index (χ3n) is 4.95. The Bertz CT molecular complexity index is 1370. The predicted octanol–water partition coefficient (Wildman–Crippen LogP) is 4.94. The molecule has 0 saturated carbocycles. The molecule has 0 atom stereocenters. The molecule has 0 fully saturated rings. The summed E-state index contributed by atoms with van der Waals surface area (Å²) in [4.78, 5) is 27.4. The molecule has 0 bridgehead atoms. The van der Waals surface area contributed by atoms with Gasteiger partial charge in [-0.25, -0.2) is 9.97 Å². The van der Waals surface area contributed by atoms with Gasteiger partial charge in [0.1, 0.15) is 22.4 Å². The zero-order chi connectivity index (χ0) is 23.8. The van der Waals surface area contributed by atoms with E-state index >= 15 is 0 Å². The summed E-state index contributed by atoms with van der Waals surface area (Å²) in [6.07, 6.45) is 3.21. The Kier molecular flexibility index (Phi) is 6.47. The lowest BCUT2D eigenvalue weighted by Gasteiger charge is -2.16. The van der Waals surface area contributed by atoms with Gasteiger partial charge in [-0.05, 0) is 73.3 Å². The largest absolute Gasteiger partial charge is 0.487 e. The van der Waals surface area contributed by atoms with Gasteiger partial charge in [-0.15, -0.1) is 11.3 Å². The molecule has 0 spiro atoms. The summed E-state index contributed by atoms with van der Waals surface area (Å²) in [6, 6.07) is 9.17. The molecule has 4 aromatic rings. The van der Waals surface area contributed by atoms with E-state index in [0.29, 0.717) is 39.7 Å². The summed E-state index contributed by atoms with van der Waals surface area (Å²) in [5.74, 6) is 0.795. The van der Waals surface area contributed by atoms with Crippen LogP contribution in [-0.4, -0.2) is 24.6 Å². The molecule has 4 heterocycles. The van der Waals surface area contributed by atoms with Crippen molar-refractivity contribution in [2.45, 2.75) is 39.9 Å².